The third-order valence-electron chi connectivity index (χ3n) is 4.02. The molecule has 2 aromatic carbocycles. The first-order valence-electron chi connectivity index (χ1n) is 8.17. The molecule has 5 nitrogen and oxygen atoms in total. The lowest BCUT2D eigenvalue weighted by molar-refractivity contribution is 0.282. The molecule has 0 aliphatic carbocycles. The second-order valence-corrected chi connectivity index (χ2v) is 5.87. The fourth-order valence-electron chi connectivity index (χ4n) is 2.62. The van der Waals surface area contributed by atoms with Crippen LogP contribution in [0.25, 0.3) is 6.08 Å². The van der Waals surface area contributed by atoms with Gasteiger partial charge in [0.15, 0.2) is 6.17 Å². The number of para-hydroxylation sites is 1. The molecule has 0 amide bonds. The molecule has 0 radical (unpaired) electrons. The maximum Gasteiger partial charge on any atom is 0.161 e. The molecule has 0 spiro atoms. The first-order chi connectivity index (χ1) is 11.7. The van der Waals surface area contributed by atoms with Crippen LogP contribution < -0.4 is 9.91 Å². The highest BCUT2D eigenvalue weighted by Crippen LogP contribution is 2.26. The van der Waals surface area contributed by atoms with Crippen molar-refractivity contribution in [3.63, 3.8) is 0 Å². The van der Waals surface area contributed by atoms with Crippen molar-refractivity contribution in [1.82, 2.24) is 5.01 Å². The van der Waals surface area contributed by atoms with Gasteiger partial charge < -0.3 is 4.90 Å². The van der Waals surface area contributed by atoms with Crippen molar-refractivity contribution >= 4 is 17.5 Å². The molecule has 1 atom stereocenters. The van der Waals surface area contributed by atoms with E-state index >= 15 is 0 Å². The number of hydrogen-bond acceptors (Lipinski definition) is 5. The van der Waals surface area contributed by atoms with Crippen molar-refractivity contribution in [3.05, 3.63) is 66.2 Å². The molecule has 1 unspecified atom stereocenters. The van der Waals surface area contributed by atoms with Crippen LogP contribution in [-0.4, -0.2) is 31.8 Å². The number of anilines is 2. The lowest BCUT2D eigenvalue weighted by atomic mass is 10.1. The molecule has 1 heterocycles. The summed E-state index contributed by atoms with van der Waals surface area (Å²) in [6, 6.07) is 18.6. The van der Waals surface area contributed by atoms with Gasteiger partial charge >= 0.3 is 0 Å². The van der Waals surface area contributed by atoms with Gasteiger partial charge in [0.05, 0.1) is 5.69 Å². The zero-order valence-electron chi connectivity index (χ0n) is 14.4. The van der Waals surface area contributed by atoms with Gasteiger partial charge in [0.2, 0.25) is 0 Å². The predicted octanol–water partition coefficient (Wildman–Crippen LogP) is 4.22. The SMILES string of the molecule is CCN1N=NN(c2ccccc2)C1C=Cc1ccc(N(C)C)cc1. The van der Waals surface area contributed by atoms with Crippen LogP contribution in [-0.2, 0) is 0 Å². The summed E-state index contributed by atoms with van der Waals surface area (Å²) in [5.41, 5.74) is 3.39. The van der Waals surface area contributed by atoms with Crippen molar-refractivity contribution in [2.24, 2.45) is 10.4 Å². The maximum atomic E-state index is 4.32. The molecule has 3 rings (SSSR count). The summed E-state index contributed by atoms with van der Waals surface area (Å²) < 4.78 is 0. The molecule has 5 heteroatoms. The van der Waals surface area contributed by atoms with Crippen LogP contribution in [0, 0.1) is 0 Å². The van der Waals surface area contributed by atoms with E-state index in [9.17, 15) is 0 Å². The Bertz CT molecular complexity index is 706. The molecular weight excluding hydrogens is 298 g/mol. The van der Waals surface area contributed by atoms with Gasteiger partial charge in [0, 0.05) is 26.3 Å². The van der Waals surface area contributed by atoms with Gasteiger partial charge in [0.1, 0.15) is 0 Å². The van der Waals surface area contributed by atoms with Gasteiger partial charge in [-0.25, -0.2) is 10.0 Å². The Labute approximate surface area is 143 Å². The fraction of sp³-hybridized carbons (Fsp3) is 0.263. The molecule has 0 saturated carbocycles. The number of nitrogens with zero attached hydrogens (tertiary/aromatic N) is 5. The molecule has 0 saturated heterocycles. The average molecular weight is 321 g/mol. The molecule has 0 aromatic heterocycles. The van der Waals surface area contributed by atoms with Crippen LogP contribution in [0.4, 0.5) is 11.4 Å². The van der Waals surface area contributed by atoms with E-state index in [1.165, 1.54) is 5.69 Å². The quantitative estimate of drug-likeness (QED) is 0.827. The second-order valence-electron chi connectivity index (χ2n) is 5.87. The Morgan fingerprint density at radius 2 is 1.71 bits per heavy atom. The van der Waals surface area contributed by atoms with Gasteiger partial charge in [-0.1, -0.05) is 41.6 Å². The van der Waals surface area contributed by atoms with Crippen LogP contribution in [0.3, 0.4) is 0 Å². The minimum absolute atomic E-state index is 0.00840. The zero-order valence-corrected chi connectivity index (χ0v) is 14.4. The second kappa shape index (κ2) is 7.17. The van der Waals surface area contributed by atoms with Crippen LogP contribution >= 0.6 is 0 Å². The fourth-order valence-corrected chi connectivity index (χ4v) is 2.62. The number of likely N-dealkylation sites (N-methyl/N-ethyl adjacent to an activating group) is 1. The van der Waals surface area contributed by atoms with Crippen molar-refractivity contribution in [3.8, 4) is 0 Å². The summed E-state index contributed by atoms with van der Waals surface area (Å²) in [6.07, 6.45) is 4.26. The molecule has 0 fully saturated rings. The molecule has 0 N–H and O–H groups in total. The summed E-state index contributed by atoms with van der Waals surface area (Å²) in [5, 5.41) is 12.5. The van der Waals surface area contributed by atoms with E-state index in [1.807, 2.05) is 54.4 Å². The van der Waals surface area contributed by atoms with Crippen molar-refractivity contribution in [1.29, 1.82) is 0 Å². The van der Waals surface area contributed by atoms with Crippen LogP contribution in [0.5, 0.6) is 0 Å². The van der Waals surface area contributed by atoms with E-state index in [-0.39, 0.29) is 6.17 Å². The van der Waals surface area contributed by atoms with Gasteiger partial charge in [-0.05, 0) is 48.1 Å². The summed E-state index contributed by atoms with van der Waals surface area (Å²) in [5.74, 6) is 0. The van der Waals surface area contributed by atoms with Crippen molar-refractivity contribution in [2.75, 3.05) is 30.5 Å². The van der Waals surface area contributed by atoms with Gasteiger partial charge in [-0.2, -0.15) is 0 Å². The normalized spacial score (nSPS) is 17.0. The number of rotatable bonds is 5. The highest BCUT2D eigenvalue weighted by molar-refractivity contribution is 5.57. The Balaban J connectivity index is 1.80. The Hall–Kier alpha value is -2.82. The Kier molecular flexibility index (Phi) is 4.79. The molecule has 124 valence electrons. The third-order valence-corrected chi connectivity index (χ3v) is 4.02. The van der Waals surface area contributed by atoms with Crippen molar-refractivity contribution < 1.29 is 0 Å². The maximum absolute atomic E-state index is 4.32. The monoisotopic (exact) mass is 321 g/mol. The van der Waals surface area contributed by atoms with E-state index in [0.717, 1.165) is 17.8 Å². The molecule has 1 aliphatic heterocycles. The third kappa shape index (κ3) is 3.40. The Morgan fingerprint density at radius 1 is 1.00 bits per heavy atom. The van der Waals surface area contributed by atoms with E-state index in [0.29, 0.717) is 0 Å². The largest absolute Gasteiger partial charge is 0.378 e. The lowest BCUT2D eigenvalue weighted by Gasteiger charge is -2.24. The molecular formula is C19H23N5. The number of benzene rings is 2. The predicted molar refractivity (Wildman–Crippen MR) is 99.7 cm³/mol. The summed E-state index contributed by atoms with van der Waals surface area (Å²) in [7, 11) is 4.09. The van der Waals surface area contributed by atoms with Gasteiger partial charge in [-0.15, -0.1) is 0 Å². The first kappa shape index (κ1) is 16.1. The lowest BCUT2D eigenvalue weighted by Crippen LogP contribution is -2.36. The van der Waals surface area contributed by atoms with Crippen LogP contribution in [0.2, 0.25) is 0 Å². The van der Waals surface area contributed by atoms with E-state index in [1.54, 1.807) is 0 Å². The zero-order chi connectivity index (χ0) is 16.9. The minimum atomic E-state index is -0.00840. The summed E-state index contributed by atoms with van der Waals surface area (Å²) in [6.45, 7) is 2.89. The van der Waals surface area contributed by atoms with E-state index < -0.39 is 0 Å². The van der Waals surface area contributed by atoms with E-state index in [4.69, 9.17) is 0 Å². The Morgan fingerprint density at radius 3 is 2.33 bits per heavy atom. The number of hydrogen-bond donors (Lipinski definition) is 0. The van der Waals surface area contributed by atoms with Crippen LogP contribution in [0.1, 0.15) is 12.5 Å². The van der Waals surface area contributed by atoms with Crippen molar-refractivity contribution in [2.45, 2.75) is 13.1 Å². The highest BCUT2D eigenvalue weighted by Gasteiger charge is 2.27. The van der Waals surface area contributed by atoms with Gasteiger partial charge in [0.25, 0.3) is 0 Å². The molecule has 1 aliphatic rings. The summed E-state index contributed by atoms with van der Waals surface area (Å²) in [4.78, 5) is 2.10. The van der Waals surface area contributed by atoms with E-state index in [2.05, 4.69) is 58.7 Å². The highest BCUT2D eigenvalue weighted by atomic mass is 15.8. The minimum Gasteiger partial charge on any atom is -0.378 e. The van der Waals surface area contributed by atoms with Crippen LogP contribution in [0.15, 0.2) is 71.1 Å². The standard InChI is InChI=1S/C19H23N5/c1-4-23-19(24(21-20-23)18-8-6-5-7-9-18)15-12-16-10-13-17(14-11-16)22(2)3/h5-15,19H,4H2,1-3H3. The topological polar surface area (TPSA) is 34.4 Å². The van der Waals surface area contributed by atoms with Gasteiger partial charge in [-0.3, -0.25) is 0 Å². The molecule has 24 heavy (non-hydrogen) atoms. The molecule has 0 bridgehead atoms. The molecule has 2 aromatic rings. The smallest absolute Gasteiger partial charge is 0.161 e. The average Bonchev–Trinajstić information content (AvgIpc) is 3.04. The summed E-state index contributed by atoms with van der Waals surface area (Å²) >= 11 is 0. The first-order valence-corrected chi connectivity index (χ1v) is 8.17.